The fraction of sp³-hybridized carbons (Fsp3) is 0.263. The lowest BCUT2D eigenvalue weighted by molar-refractivity contribution is -0.153. The summed E-state index contributed by atoms with van der Waals surface area (Å²) in [6, 6.07) is 50.0. The molecule has 16 nitrogen and oxygen atoms in total. The van der Waals surface area contributed by atoms with Crippen molar-refractivity contribution < 1.29 is 47.8 Å². The van der Waals surface area contributed by atoms with Crippen LogP contribution in [-0.2, 0) is 66.1 Å². The van der Waals surface area contributed by atoms with Crippen LogP contribution in [0.2, 0.25) is 0 Å². The molecule has 0 radical (unpaired) electrons. The van der Waals surface area contributed by atoms with Crippen molar-refractivity contribution in [3.63, 3.8) is 0 Å². The molecule has 0 aliphatic carbocycles. The summed E-state index contributed by atoms with van der Waals surface area (Å²) in [5, 5.41) is 14.0. The molecule has 0 bridgehead atoms. The van der Waals surface area contributed by atoms with Gasteiger partial charge in [0.25, 0.3) is 0 Å². The molecule has 6 aromatic carbocycles. The molecule has 0 heterocycles. The second-order valence-electron chi connectivity index (χ2n) is 17.1. The van der Waals surface area contributed by atoms with Gasteiger partial charge in [-0.05, 0) is 103 Å². The Hall–Kier alpha value is -8.50. The Morgan fingerprint density at radius 3 is 1.22 bits per heavy atom. The van der Waals surface area contributed by atoms with Crippen molar-refractivity contribution in [2.75, 3.05) is 23.7 Å². The number of hydrogen-bond acceptors (Lipinski definition) is 11. The van der Waals surface area contributed by atoms with Gasteiger partial charge in [0, 0.05) is 24.5 Å². The van der Waals surface area contributed by atoms with Crippen molar-refractivity contribution in [1.29, 1.82) is 0 Å². The summed E-state index contributed by atoms with van der Waals surface area (Å²) >= 11 is 0. The normalized spacial score (nSPS) is 11.5. The van der Waals surface area contributed by atoms with E-state index in [9.17, 15) is 28.8 Å². The van der Waals surface area contributed by atoms with E-state index < -0.39 is 48.1 Å². The summed E-state index contributed by atoms with van der Waals surface area (Å²) in [6.45, 7) is 1.00. The Kier molecular flexibility index (Phi) is 22.3. The van der Waals surface area contributed by atoms with E-state index in [0.717, 1.165) is 33.4 Å². The molecule has 16 heteroatoms. The van der Waals surface area contributed by atoms with Crippen LogP contribution in [0.1, 0.15) is 71.9 Å². The smallest absolute Gasteiger partial charge is 0.408 e. The third-order valence-electron chi connectivity index (χ3n) is 11.3. The van der Waals surface area contributed by atoms with E-state index in [1.54, 1.807) is 24.3 Å². The highest BCUT2D eigenvalue weighted by molar-refractivity contribution is 5.96. The number of anilines is 2. The van der Waals surface area contributed by atoms with Crippen LogP contribution in [0.5, 0.6) is 0 Å². The average Bonchev–Trinajstić information content (AvgIpc) is 3.41. The topological polar surface area (TPSA) is 212 Å². The summed E-state index contributed by atoms with van der Waals surface area (Å²) in [5.41, 5.74) is 9.00. The van der Waals surface area contributed by atoms with E-state index in [-0.39, 0.29) is 32.7 Å². The first-order chi connectivity index (χ1) is 35.6. The van der Waals surface area contributed by atoms with Crippen molar-refractivity contribution in [3.05, 3.63) is 203 Å². The van der Waals surface area contributed by atoms with Crippen LogP contribution in [0.4, 0.5) is 25.8 Å². The molecule has 0 unspecified atom stereocenters. The minimum Gasteiger partial charge on any atom is -0.445 e. The molecule has 5 amide bonds. The number of carbonyl (C=O) groups is 6. The molecule has 0 spiro atoms. The average molecular weight is 991 g/mol. The largest absolute Gasteiger partial charge is 0.445 e. The first-order valence-corrected chi connectivity index (χ1v) is 24.3. The van der Waals surface area contributed by atoms with Crippen LogP contribution >= 0.6 is 0 Å². The number of nitrogens with one attached hydrogen (secondary N) is 6. The van der Waals surface area contributed by atoms with Gasteiger partial charge in [0.15, 0.2) is 0 Å². The van der Waals surface area contributed by atoms with E-state index in [1.165, 1.54) is 0 Å². The van der Waals surface area contributed by atoms with Crippen LogP contribution < -0.4 is 32.1 Å². The zero-order valence-corrected chi connectivity index (χ0v) is 40.6. The predicted molar refractivity (Wildman–Crippen MR) is 277 cm³/mol. The Morgan fingerprint density at radius 2 is 0.781 bits per heavy atom. The minimum absolute atomic E-state index is 0.0274. The summed E-state index contributed by atoms with van der Waals surface area (Å²) in [5.74, 6) is -1.36. The molecule has 73 heavy (non-hydrogen) atoms. The van der Waals surface area contributed by atoms with E-state index in [1.807, 2.05) is 146 Å². The summed E-state index contributed by atoms with van der Waals surface area (Å²) in [4.78, 5) is 82.4. The first kappa shape index (κ1) is 53.8. The maximum atomic E-state index is 13.6. The quantitative estimate of drug-likeness (QED) is 0.0163. The third-order valence-corrected chi connectivity index (χ3v) is 11.3. The fourth-order valence-corrected chi connectivity index (χ4v) is 7.34. The van der Waals surface area contributed by atoms with E-state index >= 15 is 0 Å². The summed E-state index contributed by atoms with van der Waals surface area (Å²) in [6.07, 6.45) is 1.49. The second kappa shape index (κ2) is 30.3. The molecule has 0 fully saturated rings. The molecule has 0 aromatic heterocycles. The molecule has 0 saturated carbocycles. The molecule has 0 aliphatic rings. The molecule has 6 N–H and O–H groups in total. The SMILES string of the molecule is O=C(Cc1ccccc1)ON[C@H](CCCCNC(=O)OCc1ccccc1)C(=O)Nc1ccc(Cc2ccc(NC(=O)[C@@H](CCCCNC(=O)OCc3ccccc3)NC(=O)OCc3ccccc3)cc2)cc1. The fourth-order valence-electron chi connectivity index (χ4n) is 7.34. The zero-order chi connectivity index (χ0) is 51.3. The number of benzene rings is 6. The molecule has 6 rings (SSSR count). The molecule has 6 aromatic rings. The molecule has 380 valence electrons. The molecular formula is C57H62N6O10. The van der Waals surface area contributed by atoms with E-state index in [0.29, 0.717) is 63.0 Å². The first-order valence-electron chi connectivity index (χ1n) is 24.3. The van der Waals surface area contributed by atoms with Crippen molar-refractivity contribution in [2.24, 2.45) is 0 Å². The number of unbranched alkanes of at least 4 members (excludes halogenated alkanes) is 2. The third kappa shape index (κ3) is 20.8. The van der Waals surface area contributed by atoms with Gasteiger partial charge in [0.2, 0.25) is 11.8 Å². The highest BCUT2D eigenvalue weighted by Crippen LogP contribution is 2.18. The Morgan fingerprint density at radius 1 is 0.397 bits per heavy atom. The number of hydrogen-bond donors (Lipinski definition) is 6. The highest BCUT2D eigenvalue weighted by atomic mass is 16.7. The van der Waals surface area contributed by atoms with Crippen LogP contribution in [0.25, 0.3) is 0 Å². The maximum absolute atomic E-state index is 13.6. The van der Waals surface area contributed by atoms with Crippen molar-refractivity contribution in [2.45, 2.75) is 83.3 Å². The lowest BCUT2D eigenvalue weighted by Crippen LogP contribution is -2.44. The Bertz CT molecular complexity index is 2630. The number of hydroxylamine groups is 1. The van der Waals surface area contributed by atoms with E-state index in [4.69, 9.17) is 19.0 Å². The van der Waals surface area contributed by atoms with Crippen LogP contribution in [0, 0.1) is 0 Å². The van der Waals surface area contributed by atoms with E-state index in [2.05, 4.69) is 32.1 Å². The van der Waals surface area contributed by atoms with Gasteiger partial charge in [0.05, 0.1) is 6.42 Å². The lowest BCUT2D eigenvalue weighted by atomic mass is 10.0. The Balaban J connectivity index is 0.966. The second-order valence-corrected chi connectivity index (χ2v) is 17.1. The van der Waals surface area contributed by atoms with Gasteiger partial charge in [-0.25, -0.2) is 14.4 Å². The summed E-state index contributed by atoms with van der Waals surface area (Å²) in [7, 11) is 0. The molecule has 2 atom stereocenters. The molecule has 0 saturated heterocycles. The van der Waals surface area contributed by atoms with Crippen molar-refractivity contribution in [1.82, 2.24) is 21.4 Å². The Labute approximate surface area is 425 Å². The van der Waals surface area contributed by atoms with Gasteiger partial charge in [-0.2, -0.15) is 0 Å². The number of carbonyl (C=O) groups excluding carboxylic acids is 6. The van der Waals surface area contributed by atoms with Gasteiger partial charge in [-0.15, -0.1) is 5.48 Å². The number of amides is 5. The highest BCUT2D eigenvalue weighted by Gasteiger charge is 2.23. The number of alkyl carbamates (subject to hydrolysis) is 3. The monoisotopic (exact) mass is 990 g/mol. The van der Waals surface area contributed by atoms with Crippen molar-refractivity contribution >= 4 is 47.4 Å². The van der Waals surface area contributed by atoms with Gasteiger partial charge in [-0.3, -0.25) is 14.4 Å². The summed E-state index contributed by atoms with van der Waals surface area (Å²) < 4.78 is 16.0. The van der Waals surface area contributed by atoms with Crippen LogP contribution in [-0.4, -0.2) is 61.2 Å². The standard InChI is InChI=1S/C57H62N6O10/c64-52(38-42-17-5-1-6-18-42)73-63-51(26-14-16-36-59-56(68)71-40-46-21-9-3-10-22-46)54(66)61-49-33-29-44(30-34-49)37-43-27-31-48(32-28-43)60-53(65)50(62-57(69)72-41-47-23-11-4-12-24-47)25-13-15-35-58-55(67)70-39-45-19-7-2-8-20-45/h1-12,17-24,27-34,50-51,63H,13-16,25-26,35-41H2,(H,58,67)(H,59,68)(H,60,65)(H,61,66)(H,62,69)/t50-,51-/m1/s1. The van der Waals surface area contributed by atoms with Gasteiger partial charge >= 0.3 is 24.2 Å². The van der Waals surface area contributed by atoms with Gasteiger partial charge in [-0.1, -0.05) is 146 Å². The minimum atomic E-state index is -0.919. The number of ether oxygens (including phenoxy) is 3. The molecular weight excluding hydrogens is 929 g/mol. The predicted octanol–water partition coefficient (Wildman–Crippen LogP) is 9.30. The van der Waals surface area contributed by atoms with Crippen LogP contribution in [0.3, 0.4) is 0 Å². The zero-order valence-electron chi connectivity index (χ0n) is 40.6. The van der Waals surface area contributed by atoms with Gasteiger partial charge < -0.3 is 45.6 Å². The maximum Gasteiger partial charge on any atom is 0.408 e. The van der Waals surface area contributed by atoms with Crippen molar-refractivity contribution in [3.8, 4) is 0 Å². The van der Waals surface area contributed by atoms with Gasteiger partial charge in [0.1, 0.15) is 31.9 Å². The van der Waals surface area contributed by atoms with Crippen LogP contribution in [0.15, 0.2) is 170 Å². The molecule has 0 aliphatic heterocycles. The number of rotatable bonds is 27. The lowest BCUT2D eigenvalue weighted by Gasteiger charge is -2.19.